The van der Waals surface area contributed by atoms with Crippen molar-refractivity contribution in [1.29, 1.82) is 0 Å². The fourth-order valence-electron chi connectivity index (χ4n) is 4.49. The van der Waals surface area contributed by atoms with Crippen LogP contribution in [0.4, 0.5) is 0 Å². The average molecular weight is 279 g/mol. The van der Waals surface area contributed by atoms with E-state index in [1.54, 1.807) is 0 Å². The fourth-order valence-corrected chi connectivity index (χ4v) is 4.49. The Kier molecular flexibility index (Phi) is 4.04. The first-order valence-electron chi connectivity index (χ1n) is 8.34. The van der Waals surface area contributed by atoms with E-state index < -0.39 is 0 Å². The molecule has 1 amide bonds. The Morgan fingerprint density at radius 3 is 2.65 bits per heavy atom. The molecule has 2 aliphatic heterocycles. The van der Waals surface area contributed by atoms with Gasteiger partial charge in [0.25, 0.3) is 0 Å². The van der Waals surface area contributed by atoms with Crippen molar-refractivity contribution in [3.8, 4) is 0 Å². The topological polar surface area (TPSA) is 49.6 Å². The van der Waals surface area contributed by atoms with Crippen molar-refractivity contribution in [2.24, 2.45) is 17.6 Å². The molecular formula is C16H29N3O. The summed E-state index contributed by atoms with van der Waals surface area (Å²) in [5.41, 5.74) is 6.17. The summed E-state index contributed by atoms with van der Waals surface area (Å²) in [6.45, 7) is 4.05. The Balaban J connectivity index is 1.68. The predicted octanol–water partition coefficient (Wildman–Crippen LogP) is 1.45. The van der Waals surface area contributed by atoms with E-state index in [0.717, 1.165) is 38.8 Å². The van der Waals surface area contributed by atoms with Gasteiger partial charge in [-0.05, 0) is 45.1 Å². The Morgan fingerprint density at radius 2 is 1.85 bits per heavy atom. The lowest BCUT2D eigenvalue weighted by Crippen LogP contribution is -2.48. The molecule has 0 aromatic carbocycles. The highest BCUT2D eigenvalue weighted by Gasteiger charge is 2.40. The number of likely N-dealkylation sites (N-methyl/N-ethyl adjacent to an activating group) is 1. The molecule has 114 valence electrons. The number of carbonyl (C=O) groups excluding carboxylic acids is 1. The number of nitrogens with zero attached hydrogens (tertiary/aromatic N) is 2. The number of amides is 1. The van der Waals surface area contributed by atoms with E-state index in [1.165, 1.54) is 12.8 Å². The zero-order valence-corrected chi connectivity index (χ0v) is 12.9. The summed E-state index contributed by atoms with van der Waals surface area (Å²) in [6.07, 6.45) is 6.94. The Morgan fingerprint density at radius 1 is 1.10 bits per heavy atom. The molecule has 2 bridgehead atoms. The molecule has 0 aromatic heterocycles. The van der Waals surface area contributed by atoms with Gasteiger partial charge >= 0.3 is 0 Å². The maximum Gasteiger partial charge on any atom is 0.226 e. The van der Waals surface area contributed by atoms with Crippen LogP contribution in [-0.4, -0.2) is 54.0 Å². The van der Waals surface area contributed by atoms with Crippen LogP contribution in [-0.2, 0) is 4.79 Å². The van der Waals surface area contributed by atoms with Crippen LogP contribution in [0, 0.1) is 11.8 Å². The zero-order valence-electron chi connectivity index (χ0n) is 12.9. The zero-order chi connectivity index (χ0) is 14.3. The first-order chi connectivity index (χ1) is 9.58. The molecule has 1 saturated carbocycles. The normalized spacial score (nSPS) is 42.5. The van der Waals surface area contributed by atoms with Crippen molar-refractivity contribution in [2.75, 3.05) is 20.1 Å². The van der Waals surface area contributed by atoms with Gasteiger partial charge in [-0.1, -0.05) is 13.3 Å². The Labute approximate surface area is 122 Å². The van der Waals surface area contributed by atoms with Crippen molar-refractivity contribution in [3.05, 3.63) is 0 Å². The molecule has 0 aromatic rings. The van der Waals surface area contributed by atoms with Crippen LogP contribution in [0.3, 0.4) is 0 Å². The van der Waals surface area contributed by atoms with E-state index in [-0.39, 0.29) is 12.0 Å². The minimum absolute atomic E-state index is 0.167. The van der Waals surface area contributed by atoms with Gasteiger partial charge in [-0.15, -0.1) is 0 Å². The first-order valence-corrected chi connectivity index (χ1v) is 8.34. The van der Waals surface area contributed by atoms with Gasteiger partial charge in [0.15, 0.2) is 0 Å². The number of fused-ring (bicyclic) bond motifs is 2. The summed E-state index contributed by atoms with van der Waals surface area (Å²) >= 11 is 0. The molecule has 4 nitrogen and oxygen atoms in total. The molecule has 0 radical (unpaired) electrons. The van der Waals surface area contributed by atoms with Crippen LogP contribution in [0.1, 0.15) is 45.4 Å². The van der Waals surface area contributed by atoms with Crippen LogP contribution in [0.2, 0.25) is 0 Å². The minimum Gasteiger partial charge on any atom is -0.341 e. The van der Waals surface area contributed by atoms with Crippen molar-refractivity contribution in [3.63, 3.8) is 0 Å². The lowest BCUT2D eigenvalue weighted by Gasteiger charge is -2.37. The maximum atomic E-state index is 12.9. The lowest BCUT2D eigenvalue weighted by atomic mass is 9.76. The molecule has 3 rings (SSSR count). The Bertz CT molecular complexity index is 373. The third-order valence-electron chi connectivity index (χ3n) is 6.14. The van der Waals surface area contributed by atoms with Gasteiger partial charge in [-0.25, -0.2) is 0 Å². The van der Waals surface area contributed by atoms with Crippen molar-refractivity contribution in [2.45, 2.75) is 63.6 Å². The molecule has 4 heteroatoms. The van der Waals surface area contributed by atoms with Crippen LogP contribution >= 0.6 is 0 Å². The third kappa shape index (κ3) is 2.48. The standard InChI is InChI=1S/C16H29N3O/c1-11-14(4-3-5-15(11)17)16(20)19-9-8-12-6-7-13(10-19)18(12)2/h11-15H,3-10,17H2,1-2H3. The molecule has 1 aliphatic carbocycles. The second-order valence-electron chi connectivity index (χ2n) is 7.18. The van der Waals surface area contributed by atoms with E-state index in [1.807, 2.05) is 0 Å². The van der Waals surface area contributed by atoms with E-state index in [9.17, 15) is 4.79 Å². The molecule has 5 unspecified atom stereocenters. The van der Waals surface area contributed by atoms with Gasteiger partial charge in [-0.2, -0.15) is 0 Å². The molecule has 3 aliphatic rings. The molecule has 3 fully saturated rings. The summed E-state index contributed by atoms with van der Waals surface area (Å²) in [4.78, 5) is 17.6. The SMILES string of the molecule is CC1C(N)CCCC1C(=O)N1CCC2CCC(C1)N2C. The summed E-state index contributed by atoms with van der Waals surface area (Å²) < 4.78 is 0. The highest BCUT2D eigenvalue weighted by Crippen LogP contribution is 2.33. The van der Waals surface area contributed by atoms with E-state index in [2.05, 4.69) is 23.8 Å². The molecular weight excluding hydrogens is 250 g/mol. The van der Waals surface area contributed by atoms with Gasteiger partial charge in [0, 0.05) is 37.1 Å². The lowest BCUT2D eigenvalue weighted by molar-refractivity contribution is -0.139. The fraction of sp³-hybridized carbons (Fsp3) is 0.938. The molecule has 5 atom stereocenters. The second kappa shape index (κ2) is 5.64. The highest BCUT2D eigenvalue weighted by molar-refractivity contribution is 5.79. The second-order valence-corrected chi connectivity index (χ2v) is 7.18. The number of hydrogen-bond acceptors (Lipinski definition) is 3. The number of rotatable bonds is 1. The summed E-state index contributed by atoms with van der Waals surface area (Å²) in [5.74, 6) is 0.892. The van der Waals surface area contributed by atoms with Gasteiger partial charge in [0.05, 0.1) is 0 Å². The minimum atomic E-state index is 0.167. The quantitative estimate of drug-likeness (QED) is 0.790. The van der Waals surface area contributed by atoms with Crippen LogP contribution in [0.15, 0.2) is 0 Å². The van der Waals surface area contributed by atoms with E-state index in [4.69, 9.17) is 5.73 Å². The summed E-state index contributed by atoms with van der Waals surface area (Å²) in [6, 6.07) is 1.49. The van der Waals surface area contributed by atoms with E-state index in [0.29, 0.717) is 23.9 Å². The van der Waals surface area contributed by atoms with E-state index >= 15 is 0 Å². The molecule has 20 heavy (non-hydrogen) atoms. The molecule has 2 saturated heterocycles. The van der Waals surface area contributed by atoms with Gasteiger partial charge in [0.2, 0.25) is 5.91 Å². The molecule has 2 heterocycles. The number of nitrogens with two attached hydrogens (primary N) is 1. The van der Waals surface area contributed by atoms with Crippen molar-refractivity contribution >= 4 is 5.91 Å². The Hall–Kier alpha value is -0.610. The maximum absolute atomic E-state index is 12.9. The molecule has 2 N–H and O–H groups in total. The van der Waals surface area contributed by atoms with Gasteiger partial charge in [0.1, 0.15) is 0 Å². The summed E-state index contributed by atoms with van der Waals surface area (Å²) in [7, 11) is 2.23. The molecule has 0 spiro atoms. The smallest absolute Gasteiger partial charge is 0.226 e. The first kappa shape index (κ1) is 14.3. The number of likely N-dealkylation sites (tertiary alicyclic amines) is 1. The largest absolute Gasteiger partial charge is 0.341 e. The van der Waals surface area contributed by atoms with Crippen LogP contribution < -0.4 is 5.73 Å². The highest BCUT2D eigenvalue weighted by atomic mass is 16.2. The average Bonchev–Trinajstić information content (AvgIpc) is 2.66. The third-order valence-corrected chi connectivity index (χ3v) is 6.14. The number of carbonyl (C=O) groups is 1. The van der Waals surface area contributed by atoms with Crippen LogP contribution in [0.25, 0.3) is 0 Å². The predicted molar refractivity (Wildman–Crippen MR) is 80.3 cm³/mol. The van der Waals surface area contributed by atoms with Gasteiger partial charge in [-0.3, -0.25) is 9.69 Å². The van der Waals surface area contributed by atoms with Gasteiger partial charge < -0.3 is 10.6 Å². The number of hydrogen-bond donors (Lipinski definition) is 1. The monoisotopic (exact) mass is 279 g/mol. The van der Waals surface area contributed by atoms with Crippen molar-refractivity contribution < 1.29 is 4.79 Å². The van der Waals surface area contributed by atoms with Crippen LogP contribution in [0.5, 0.6) is 0 Å². The summed E-state index contributed by atoms with van der Waals surface area (Å²) in [5, 5.41) is 0. The van der Waals surface area contributed by atoms with Crippen molar-refractivity contribution in [1.82, 2.24) is 9.80 Å².